The number of urea groups is 1. The van der Waals surface area contributed by atoms with Gasteiger partial charge in [0.1, 0.15) is 5.75 Å². The Labute approximate surface area is 151 Å². The summed E-state index contributed by atoms with van der Waals surface area (Å²) >= 11 is 5.94. The van der Waals surface area contributed by atoms with Crippen LogP contribution in [-0.4, -0.2) is 62.6 Å². The number of hydrogen-bond donors (Lipinski definition) is 3. The second-order valence-electron chi connectivity index (χ2n) is 5.86. The Balaban J connectivity index is 1.96. The smallest absolute Gasteiger partial charge is 0.324 e. The molecule has 1 fully saturated rings. The molecule has 9 heteroatoms. The van der Waals surface area contributed by atoms with Crippen molar-refractivity contribution in [2.24, 2.45) is 0 Å². The van der Waals surface area contributed by atoms with E-state index in [9.17, 15) is 14.4 Å². The van der Waals surface area contributed by atoms with Crippen LogP contribution in [0.5, 0.6) is 5.75 Å². The largest absolute Gasteiger partial charge is 0.495 e. The highest BCUT2D eigenvalue weighted by Gasteiger charge is 2.34. The summed E-state index contributed by atoms with van der Waals surface area (Å²) in [4.78, 5) is 38.1. The number of nitrogens with one attached hydrogen (secondary N) is 3. The van der Waals surface area contributed by atoms with Gasteiger partial charge in [-0.15, -0.1) is 0 Å². The number of halogens is 1. The summed E-state index contributed by atoms with van der Waals surface area (Å²) in [7, 11) is 3.23. The summed E-state index contributed by atoms with van der Waals surface area (Å²) in [6.07, 6.45) is 0. The second-order valence-corrected chi connectivity index (χ2v) is 6.30. The van der Waals surface area contributed by atoms with Gasteiger partial charge in [-0.3, -0.25) is 14.5 Å². The Hall–Kier alpha value is -2.32. The Kier molecular flexibility index (Phi) is 6.22. The van der Waals surface area contributed by atoms with Crippen molar-refractivity contribution in [3.05, 3.63) is 23.2 Å². The molecule has 2 rings (SSSR count). The van der Waals surface area contributed by atoms with Gasteiger partial charge in [0.05, 0.1) is 19.8 Å². The molecule has 1 saturated heterocycles. The second kappa shape index (κ2) is 8.17. The van der Waals surface area contributed by atoms with Crippen LogP contribution < -0.4 is 20.3 Å². The minimum atomic E-state index is -0.532. The molecular formula is C16H22ClN4O4+. The highest BCUT2D eigenvalue weighted by molar-refractivity contribution is 6.31. The summed E-state index contributed by atoms with van der Waals surface area (Å²) in [6, 6.07) is 3.99. The number of ether oxygens (including phenoxy) is 1. The summed E-state index contributed by atoms with van der Waals surface area (Å²) in [5.74, 6) is -0.0995. The molecule has 2 atom stereocenters. The third-order valence-electron chi connectivity index (χ3n) is 4.11. The molecule has 0 saturated carbocycles. The van der Waals surface area contributed by atoms with Gasteiger partial charge in [0, 0.05) is 18.1 Å². The fourth-order valence-corrected chi connectivity index (χ4v) is 2.68. The van der Waals surface area contributed by atoms with E-state index in [2.05, 4.69) is 10.6 Å². The highest BCUT2D eigenvalue weighted by atomic mass is 35.5. The Morgan fingerprint density at radius 3 is 2.80 bits per heavy atom. The van der Waals surface area contributed by atoms with Crippen LogP contribution in [0.1, 0.15) is 6.92 Å². The van der Waals surface area contributed by atoms with Gasteiger partial charge in [0.2, 0.25) is 0 Å². The van der Waals surface area contributed by atoms with Crippen LogP contribution in [0, 0.1) is 0 Å². The minimum Gasteiger partial charge on any atom is -0.495 e. The summed E-state index contributed by atoms with van der Waals surface area (Å²) in [6.45, 7) is 2.54. The van der Waals surface area contributed by atoms with E-state index >= 15 is 0 Å². The van der Waals surface area contributed by atoms with Gasteiger partial charge >= 0.3 is 6.03 Å². The maximum absolute atomic E-state index is 12.4. The lowest BCUT2D eigenvalue weighted by molar-refractivity contribution is -0.886. The summed E-state index contributed by atoms with van der Waals surface area (Å²) in [5.41, 5.74) is 0.464. The number of methoxy groups -OCH3 is 1. The van der Waals surface area contributed by atoms with Gasteiger partial charge in [0.15, 0.2) is 12.6 Å². The SMILES string of the molecule is COc1ccc(Cl)cc1NC(=O)C[NH+](C)[C@H](C)C(=O)N1CCNC1=O. The third-order valence-corrected chi connectivity index (χ3v) is 4.34. The van der Waals surface area contributed by atoms with Gasteiger partial charge in [-0.1, -0.05) is 11.6 Å². The van der Waals surface area contributed by atoms with Crippen molar-refractivity contribution in [3.8, 4) is 5.75 Å². The zero-order valence-corrected chi connectivity index (χ0v) is 15.1. The van der Waals surface area contributed by atoms with Crippen molar-refractivity contribution in [1.82, 2.24) is 10.2 Å². The van der Waals surface area contributed by atoms with Crippen molar-refractivity contribution >= 4 is 35.1 Å². The molecule has 4 amide bonds. The van der Waals surface area contributed by atoms with Crippen LogP contribution in [0.4, 0.5) is 10.5 Å². The number of carbonyl (C=O) groups is 3. The van der Waals surface area contributed by atoms with Gasteiger partial charge < -0.3 is 20.3 Å². The molecular weight excluding hydrogens is 348 g/mol. The molecule has 8 nitrogen and oxygen atoms in total. The number of imide groups is 1. The maximum Gasteiger partial charge on any atom is 0.324 e. The fourth-order valence-electron chi connectivity index (χ4n) is 2.51. The lowest BCUT2D eigenvalue weighted by Crippen LogP contribution is -3.15. The molecule has 1 unspecified atom stereocenters. The Morgan fingerprint density at radius 2 is 2.20 bits per heavy atom. The van der Waals surface area contributed by atoms with Crippen LogP contribution in [0.25, 0.3) is 0 Å². The van der Waals surface area contributed by atoms with Gasteiger partial charge in [-0.25, -0.2) is 4.79 Å². The monoisotopic (exact) mass is 369 g/mol. The van der Waals surface area contributed by atoms with Crippen molar-refractivity contribution < 1.29 is 24.0 Å². The molecule has 25 heavy (non-hydrogen) atoms. The molecule has 0 spiro atoms. The molecule has 1 aromatic carbocycles. The number of likely N-dealkylation sites (N-methyl/N-ethyl adjacent to an activating group) is 1. The quantitative estimate of drug-likeness (QED) is 0.644. The van der Waals surface area contributed by atoms with E-state index < -0.39 is 12.1 Å². The summed E-state index contributed by atoms with van der Waals surface area (Å²) in [5, 5.41) is 5.79. The van der Waals surface area contributed by atoms with Crippen molar-refractivity contribution in [3.63, 3.8) is 0 Å². The third kappa shape index (κ3) is 4.61. The summed E-state index contributed by atoms with van der Waals surface area (Å²) < 4.78 is 5.19. The van der Waals surface area contributed by atoms with Crippen molar-refractivity contribution in [1.29, 1.82) is 0 Å². The van der Waals surface area contributed by atoms with E-state index in [1.807, 2.05) is 0 Å². The number of amides is 4. The first-order chi connectivity index (χ1) is 11.8. The van der Waals surface area contributed by atoms with Crippen LogP contribution in [0.3, 0.4) is 0 Å². The first-order valence-electron chi connectivity index (χ1n) is 7.88. The van der Waals surface area contributed by atoms with E-state index in [0.717, 1.165) is 0 Å². The molecule has 3 N–H and O–H groups in total. The molecule has 0 bridgehead atoms. The predicted molar refractivity (Wildman–Crippen MR) is 93.0 cm³/mol. The molecule has 136 valence electrons. The first-order valence-corrected chi connectivity index (χ1v) is 8.26. The van der Waals surface area contributed by atoms with Crippen molar-refractivity contribution in [2.45, 2.75) is 13.0 Å². The molecule has 0 aromatic heterocycles. The van der Waals surface area contributed by atoms with Crippen molar-refractivity contribution in [2.75, 3.05) is 39.1 Å². The lowest BCUT2D eigenvalue weighted by atomic mass is 10.2. The molecule has 1 aliphatic rings. The average Bonchev–Trinajstić information content (AvgIpc) is 2.99. The molecule has 0 radical (unpaired) electrons. The number of anilines is 1. The van der Waals surface area contributed by atoms with E-state index in [1.165, 1.54) is 12.0 Å². The molecule has 0 aliphatic carbocycles. The zero-order chi connectivity index (χ0) is 18.6. The predicted octanol–water partition coefficient (Wildman–Crippen LogP) is -0.258. The fraction of sp³-hybridized carbons (Fsp3) is 0.438. The van der Waals surface area contributed by atoms with E-state index in [4.69, 9.17) is 16.3 Å². The van der Waals surface area contributed by atoms with E-state index in [0.29, 0.717) is 34.4 Å². The number of hydrogen-bond acceptors (Lipinski definition) is 4. The van der Waals surface area contributed by atoms with E-state index in [-0.39, 0.29) is 18.4 Å². The lowest BCUT2D eigenvalue weighted by Gasteiger charge is -2.23. The first kappa shape index (κ1) is 19.0. The number of rotatable bonds is 6. The number of quaternary nitrogens is 1. The van der Waals surface area contributed by atoms with E-state index in [1.54, 1.807) is 32.2 Å². The molecule has 1 heterocycles. The number of benzene rings is 1. The Morgan fingerprint density at radius 1 is 1.48 bits per heavy atom. The van der Waals surface area contributed by atoms with Gasteiger partial charge in [0.25, 0.3) is 11.8 Å². The van der Waals surface area contributed by atoms with Gasteiger partial charge in [-0.05, 0) is 25.1 Å². The maximum atomic E-state index is 12.4. The molecule has 1 aromatic rings. The average molecular weight is 370 g/mol. The van der Waals surface area contributed by atoms with Gasteiger partial charge in [-0.2, -0.15) is 0 Å². The Bertz CT molecular complexity index is 682. The van der Waals surface area contributed by atoms with Crippen LogP contribution in [-0.2, 0) is 9.59 Å². The normalized spacial score (nSPS) is 16.2. The van der Waals surface area contributed by atoms with Crippen LogP contribution in [0.2, 0.25) is 5.02 Å². The minimum absolute atomic E-state index is 0.0536. The topological polar surface area (TPSA) is 92.2 Å². The number of carbonyl (C=O) groups excluding carboxylic acids is 3. The van der Waals surface area contributed by atoms with Crippen LogP contribution in [0.15, 0.2) is 18.2 Å². The standard InChI is InChI=1S/C16H21ClN4O4/c1-10(15(23)21-7-6-18-16(21)24)20(2)9-14(22)19-12-8-11(17)4-5-13(12)25-3/h4-5,8,10H,6-7,9H2,1-3H3,(H,18,24)(H,19,22)/p+1/t10-/m1/s1. The highest BCUT2D eigenvalue weighted by Crippen LogP contribution is 2.27. The zero-order valence-electron chi connectivity index (χ0n) is 14.4. The van der Waals surface area contributed by atoms with Crippen LogP contribution >= 0.6 is 11.6 Å². The number of nitrogens with zero attached hydrogens (tertiary/aromatic N) is 1. The molecule has 1 aliphatic heterocycles.